The number of nitrogens with two attached hydrogens (primary N) is 1. The van der Waals surface area contributed by atoms with E-state index in [1.54, 1.807) is 11.8 Å². The predicted molar refractivity (Wildman–Crippen MR) is 77.6 cm³/mol. The van der Waals surface area contributed by atoms with Gasteiger partial charge in [-0.2, -0.15) is 0 Å². The molecule has 1 aromatic rings. The Kier molecular flexibility index (Phi) is 4.06. The molecule has 1 aliphatic heterocycles. The van der Waals surface area contributed by atoms with Crippen LogP contribution in [0.15, 0.2) is 29.2 Å². The Morgan fingerprint density at radius 2 is 2.00 bits per heavy atom. The summed E-state index contributed by atoms with van der Waals surface area (Å²) in [6.07, 6.45) is 2.67. The van der Waals surface area contributed by atoms with Gasteiger partial charge in [-0.05, 0) is 18.6 Å². The standard InChI is InChI=1S/C14H18ClNO2S/c15-10-3-1-2-4-12(10)19-13-9-14(6-5-11(13)16)17-7-8-18-14/h1-4,11,13H,5-9,16H2. The lowest BCUT2D eigenvalue weighted by Gasteiger charge is -2.39. The van der Waals surface area contributed by atoms with E-state index in [1.165, 1.54) is 0 Å². The van der Waals surface area contributed by atoms with E-state index < -0.39 is 5.79 Å². The second-order valence-corrected chi connectivity index (χ2v) is 6.79. The van der Waals surface area contributed by atoms with E-state index in [0.717, 1.165) is 29.2 Å². The van der Waals surface area contributed by atoms with Crippen molar-refractivity contribution in [3.63, 3.8) is 0 Å². The van der Waals surface area contributed by atoms with Crippen LogP contribution in [0.1, 0.15) is 19.3 Å². The van der Waals surface area contributed by atoms with E-state index in [1.807, 2.05) is 24.3 Å². The molecule has 1 heterocycles. The van der Waals surface area contributed by atoms with E-state index >= 15 is 0 Å². The number of halogens is 1. The molecule has 0 aromatic heterocycles. The zero-order valence-electron chi connectivity index (χ0n) is 10.7. The molecule has 19 heavy (non-hydrogen) atoms. The second kappa shape index (κ2) is 5.62. The van der Waals surface area contributed by atoms with Gasteiger partial charge in [0.05, 0.1) is 18.2 Å². The van der Waals surface area contributed by atoms with E-state index in [2.05, 4.69) is 0 Å². The predicted octanol–water partition coefficient (Wildman–Crippen LogP) is 3.06. The van der Waals surface area contributed by atoms with Crippen LogP contribution in [-0.2, 0) is 9.47 Å². The summed E-state index contributed by atoms with van der Waals surface area (Å²) in [5, 5.41) is 1.07. The molecule has 2 atom stereocenters. The monoisotopic (exact) mass is 299 g/mol. The molecule has 1 saturated heterocycles. The normalized spacial score (nSPS) is 29.8. The Labute approximate surface area is 122 Å². The van der Waals surface area contributed by atoms with Gasteiger partial charge in [0.1, 0.15) is 0 Å². The molecule has 2 fully saturated rings. The maximum Gasteiger partial charge on any atom is 0.169 e. The third-order valence-electron chi connectivity index (χ3n) is 3.78. The van der Waals surface area contributed by atoms with Crippen LogP contribution in [0.4, 0.5) is 0 Å². The van der Waals surface area contributed by atoms with Gasteiger partial charge in [-0.25, -0.2) is 0 Å². The van der Waals surface area contributed by atoms with Crippen molar-refractivity contribution in [2.24, 2.45) is 5.73 Å². The van der Waals surface area contributed by atoms with Crippen molar-refractivity contribution >= 4 is 23.4 Å². The Morgan fingerprint density at radius 3 is 2.74 bits per heavy atom. The van der Waals surface area contributed by atoms with Crippen LogP contribution in [0.25, 0.3) is 0 Å². The molecule has 3 nitrogen and oxygen atoms in total. The quantitative estimate of drug-likeness (QED) is 0.911. The summed E-state index contributed by atoms with van der Waals surface area (Å²) in [5.41, 5.74) is 6.25. The third kappa shape index (κ3) is 2.93. The highest BCUT2D eigenvalue weighted by molar-refractivity contribution is 8.00. The zero-order valence-corrected chi connectivity index (χ0v) is 12.3. The molecule has 1 aliphatic carbocycles. The van der Waals surface area contributed by atoms with Crippen LogP contribution in [0.2, 0.25) is 5.02 Å². The number of hydrogen-bond acceptors (Lipinski definition) is 4. The molecule has 2 aliphatic rings. The van der Waals surface area contributed by atoms with Crippen molar-refractivity contribution in [2.45, 2.75) is 41.2 Å². The van der Waals surface area contributed by atoms with Crippen LogP contribution in [-0.4, -0.2) is 30.3 Å². The highest BCUT2D eigenvalue weighted by atomic mass is 35.5. The van der Waals surface area contributed by atoms with E-state index in [4.69, 9.17) is 26.8 Å². The Bertz CT molecular complexity index is 451. The van der Waals surface area contributed by atoms with Crippen molar-refractivity contribution < 1.29 is 9.47 Å². The lowest BCUT2D eigenvalue weighted by molar-refractivity contribution is -0.176. The molecule has 1 saturated carbocycles. The second-order valence-electron chi connectivity index (χ2n) is 5.10. The smallest absolute Gasteiger partial charge is 0.169 e. The lowest BCUT2D eigenvalue weighted by Crippen LogP contribution is -2.47. The van der Waals surface area contributed by atoms with Gasteiger partial charge in [0.25, 0.3) is 0 Å². The van der Waals surface area contributed by atoms with Crippen LogP contribution < -0.4 is 5.73 Å². The Balaban J connectivity index is 1.73. The summed E-state index contributed by atoms with van der Waals surface area (Å²) < 4.78 is 11.6. The van der Waals surface area contributed by atoms with E-state index in [9.17, 15) is 0 Å². The molecule has 0 bridgehead atoms. The molecule has 5 heteroatoms. The molecular weight excluding hydrogens is 282 g/mol. The average molecular weight is 300 g/mol. The van der Waals surface area contributed by atoms with Crippen LogP contribution >= 0.6 is 23.4 Å². The van der Waals surface area contributed by atoms with Gasteiger partial charge in [0.15, 0.2) is 5.79 Å². The van der Waals surface area contributed by atoms with Crippen LogP contribution in [0.3, 0.4) is 0 Å². The van der Waals surface area contributed by atoms with Gasteiger partial charge in [-0.3, -0.25) is 0 Å². The molecule has 3 rings (SSSR count). The van der Waals surface area contributed by atoms with Gasteiger partial charge < -0.3 is 15.2 Å². The fourth-order valence-corrected chi connectivity index (χ4v) is 4.31. The van der Waals surface area contributed by atoms with Crippen LogP contribution in [0.5, 0.6) is 0 Å². The fraction of sp³-hybridized carbons (Fsp3) is 0.571. The van der Waals surface area contributed by atoms with Crippen LogP contribution in [0, 0.1) is 0 Å². The van der Waals surface area contributed by atoms with Gasteiger partial charge in [0.2, 0.25) is 0 Å². The number of thioether (sulfide) groups is 1. The SMILES string of the molecule is NC1CCC2(CC1Sc1ccccc1Cl)OCCO2. The maximum absolute atomic E-state index is 6.25. The zero-order chi connectivity index (χ0) is 13.3. The first-order valence-corrected chi connectivity index (χ1v) is 7.89. The highest BCUT2D eigenvalue weighted by Gasteiger charge is 2.44. The number of benzene rings is 1. The minimum Gasteiger partial charge on any atom is -0.347 e. The Hall–Kier alpha value is -0.260. The molecule has 1 spiro atoms. The van der Waals surface area contributed by atoms with Crippen molar-refractivity contribution in [3.05, 3.63) is 29.3 Å². The first kappa shape index (κ1) is 13.7. The largest absolute Gasteiger partial charge is 0.347 e. The van der Waals surface area contributed by atoms with Crippen molar-refractivity contribution in [1.29, 1.82) is 0 Å². The minimum atomic E-state index is -0.394. The summed E-state index contributed by atoms with van der Waals surface area (Å²) >= 11 is 7.96. The fourth-order valence-electron chi connectivity index (χ4n) is 2.72. The molecule has 2 N–H and O–H groups in total. The van der Waals surface area contributed by atoms with Gasteiger partial charge in [0, 0.05) is 29.0 Å². The highest BCUT2D eigenvalue weighted by Crippen LogP contribution is 2.43. The molecule has 104 valence electrons. The van der Waals surface area contributed by atoms with Gasteiger partial charge in [-0.1, -0.05) is 23.7 Å². The van der Waals surface area contributed by atoms with Crippen molar-refractivity contribution in [3.8, 4) is 0 Å². The number of rotatable bonds is 2. The topological polar surface area (TPSA) is 44.5 Å². The van der Waals surface area contributed by atoms with E-state index in [0.29, 0.717) is 13.2 Å². The van der Waals surface area contributed by atoms with Gasteiger partial charge >= 0.3 is 0 Å². The number of hydrogen-bond donors (Lipinski definition) is 1. The molecule has 0 amide bonds. The molecule has 0 radical (unpaired) electrons. The lowest BCUT2D eigenvalue weighted by atomic mass is 9.90. The van der Waals surface area contributed by atoms with Gasteiger partial charge in [-0.15, -0.1) is 11.8 Å². The van der Waals surface area contributed by atoms with Crippen molar-refractivity contribution in [2.75, 3.05) is 13.2 Å². The summed E-state index contributed by atoms with van der Waals surface area (Å²) in [6.45, 7) is 1.39. The molecule has 2 unspecified atom stereocenters. The van der Waals surface area contributed by atoms with E-state index in [-0.39, 0.29) is 11.3 Å². The third-order valence-corrected chi connectivity index (χ3v) is 5.65. The Morgan fingerprint density at radius 1 is 1.26 bits per heavy atom. The maximum atomic E-state index is 6.25. The molecule has 1 aromatic carbocycles. The first-order valence-electron chi connectivity index (χ1n) is 6.63. The summed E-state index contributed by atoms with van der Waals surface area (Å²) in [6, 6.07) is 8.06. The minimum absolute atomic E-state index is 0.166. The summed E-state index contributed by atoms with van der Waals surface area (Å²) in [5.74, 6) is -0.394. The average Bonchev–Trinajstić information content (AvgIpc) is 2.85. The molecular formula is C14H18ClNO2S. The first-order chi connectivity index (χ1) is 9.19. The summed E-state index contributed by atoms with van der Waals surface area (Å²) in [7, 11) is 0. The van der Waals surface area contributed by atoms with Crippen molar-refractivity contribution in [1.82, 2.24) is 0 Å². The number of ether oxygens (including phenoxy) is 2. The summed E-state index contributed by atoms with van der Waals surface area (Å²) in [4.78, 5) is 1.08.